The lowest BCUT2D eigenvalue weighted by molar-refractivity contribution is -0.366. The van der Waals surface area contributed by atoms with Crippen LogP contribution in [0.4, 0.5) is 0 Å². The largest absolute Gasteiger partial charge is 0.382 e. The summed E-state index contributed by atoms with van der Waals surface area (Å²) < 4.78 is 27.7. The van der Waals surface area contributed by atoms with Crippen LogP contribution >= 0.6 is 11.6 Å². The maximum Gasteiger partial charge on any atom is 0.222 e. The number of halogens is 1. The molecular weight excluding hydrogens is 324 g/mol. The van der Waals surface area contributed by atoms with E-state index >= 15 is 0 Å². The van der Waals surface area contributed by atoms with Crippen molar-refractivity contribution in [2.45, 2.75) is 30.2 Å². The summed E-state index contributed by atoms with van der Waals surface area (Å²) in [5.41, 5.74) is 0.520. The Morgan fingerprint density at radius 3 is 2.13 bits per heavy atom. The summed E-state index contributed by atoms with van der Waals surface area (Å²) in [7, 11) is 6.15. The molecule has 1 aliphatic heterocycles. The van der Waals surface area contributed by atoms with Crippen molar-refractivity contribution in [2.75, 3.05) is 35.0 Å². The summed E-state index contributed by atoms with van der Waals surface area (Å²) in [6.45, 7) is 0.241. The highest BCUT2D eigenvalue weighted by molar-refractivity contribution is 6.30. The topological polar surface area (TPSA) is 66.4 Å². The average Bonchev–Trinajstić information content (AvgIpc) is 2.55. The van der Waals surface area contributed by atoms with Crippen LogP contribution < -0.4 is 0 Å². The highest BCUT2D eigenvalue weighted by Crippen LogP contribution is 2.40. The minimum absolute atomic E-state index is 0.241. The third-order valence-electron chi connectivity index (χ3n) is 4.09. The van der Waals surface area contributed by atoms with Gasteiger partial charge in [-0.05, 0) is 12.1 Å². The van der Waals surface area contributed by atoms with E-state index in [-0.39, 0.29) is 6.61 Å². The van der Waals surface area contributed by atoms with E-state index in [4.69, 9.17) is 35.3 Å². The molecule has 1 heterocycles. The van der Waals surface area contributed by atoms with Gasteiger partial charge < -0.3 is 28.8 Å². The molecule has 2 rings (SSSR count). The van der Waals surface area contributed by atoms with Crippen LogP contribution in [-0.2, 0) is 29.5 Å². The fourth-order valence-corrected chi connectivity index (χ4v) is 3.15. The molecule has 0 saturated carbocycles. The van der Waals surface area contributed by atoms with Gasteiger partial charge in [0.25, 0.3) is 0 Å². The van der Waals surface area contributed by atoms with E-state index < -0.39 is 30.2 Å². The molecule has 0 aliphatic carbocycles. The van der Waals surface area contributed by atoms with Crippen molar-refractivity contribution in [3.05, 3.63) is 34.9 Å². The standard InChI is InChI=1S/C16H23ClO6/c1-19-9-12-13(20-2)14(21-3)15(22-4)16(18,23-12)10-5-7-11(17)8-6-10/h5-8,12-15,18H,9H2,1-4H3. The number of benzene rings is 1. The summed E-state index contributed by atoms with van der Waals surface area (Å²) in [5, 5.41) is 11.8. The highest BCUT2D eigenvalue weighted by Gasteiger charge is 2.56. The maximum atomic E-state index is 11.2. The molecule has 0 aromatic heterocycles. The lowest BCUT2D eigenvalue weighted by Gasteiger charge is -2.49. The molecule has 0 amide bonds. The van der Waals surface area contributed by atoms with Crippen LogP contribution in [0.15, 0.2) is 24.3 Å². The van der Waals surface area contributed by atoms with Gasteiger partial charge in [-0.3, -0.25) is 0 Å². The van der Waals surface area contributed by atoms with E-state index in [1.165, 1.54) is 7.11 Å². The van der Waals surface area contributed by atoms with Crippen molar-refractivity contribution in [1.29, 1.82) is 0 Å². The third-order valence-corrected chi connectivity index (χ3v) is 4.34. The van der Waals surface area contributed by atoms with Gasteiger partial charge in [0.15, 0.2) is 0 Å². The van der Waals surface area contributed by atoms with Crippen molar-refractivity contribution >= 4 is 11.6 Å². The Bertz CT molecular complexity index is 496. The van der Waals surface area contributed by atoms with Crippen LogP contribution in [0.3, 0.4) is 0 Å². The van der Waals surface area contributed by atoms with Crippen LogP contribution in [0.2, 0.25) is 5.02 Å². The first-order chi connectivity index (χ1) is 11.0. The SMILES string of the molecule is COCC1OC(O)(c2ccc(Cl)cc2)C(OC)C(OC)C1OC. The first-order valence-corrected chi connectivity index (χ1v) is 7.63. The van der Waals surface area contributed by atoms with E-state index in [0.717, 1.165) is 0 Å². The van der Waals surface area contributed by atoms with E-state index in [9.17, 15) is 5.11 Å². The Labute approximate surface area is 141 Å². The Morgan fingerprint density at radius 2 is 1.65 bits per heavy atom. The van der Waals surface area contributed by atoms with E-state index in [1.54, 1.807) is 45.6 Å². The molecule has 0 radical (unpaired) electrons. The van der Waals surface area contributed by atoms with Gasteiger partial charge in [-0.2, -0.15) is 0 Å². The molecule has 6 nitrogen and oxygen atoms in total. The molecule has 5 unspecified atom stereocenters. The van der Waals surface area contributed by atoms with Gasteiger partial charge in [-0.25, -0.2) is 0 Å². The molecule has 1 aromatic rings. The summed E-state index contributed by atoms with van der Waals surface area (Å²) in [5.74, 6) is -1.71. The van der Waals surface area contributed by atoms with Gasteiger partial charge in [0.05, 0.1) is 6.61 Å². The van der Waals surface area contributed by atoms with Gasteiger partial charge in [-0.15, -0.1) is 0 Å². The normalized spacial score (nSPS) is 34.5. The van der Waals surface area contributed by atoms with Gasteiger partial charge in [0.2, 0.25) is 5.79 Å². The van der Waals surface area contributed by atoms with Crippen molar-refractivity contribution in [3.63, 3.8) is 0 Å². The number of methoxy groups -OCH3 is 4. The zero-order valence-electron chi connectivity index (χ0n) is 13.7. The highest BCUT2D eigenvalue weighted by atomic mass is 35.5. The van der Waals surface area contributed by atoms with Crippen molar-refractivity contribution in [1.82, 2.24) is 0 Å². The summed E-state index contributed by atoms with van der Waals surface area (Å²) in [4.78, 5) is 0. The predicted molar refractivity (Wildman–Crippen MR) is 84.5 cm³/mol. The maximum absolute atomic E-state index is 11.2. The smallest absolute Gasteiger partial charge is 0.222 e. The summed E-state index contributed by atoms with van der Waals surface area (Å²) in [6, 6.07) is 6.75. The first kappa shape index (κ1) is 18.6. The molecule has 5 atom stereocenters. The Morgan fingerprint density at radius 1 is 1.04 bits per heavy atom. The molecule has 1 aliphatic rings. The first-order valence-electron chi connectivity index (χ1n) is 7.25. The van der Waals surface area contributed by atoms with Crippen LogP contribution in [0, 0.1) is 0 Å². The van der Waals surface area contributed by atoms with Crippen LogP contribution in [0.25, 0.3) is 0 Å². The molecule has 1 aromatic carbocycles. The number of hydrogen-bond acceptors (Lipinski definition) is 6. The molecule has 1 fully saturated rings. The minimum atomic E-state index is -1.71. The fraction of sp³-hybridized carbons (Fsp3) is 0.625. The zero-order chi connectivity index (χ0) is 17.0. The second-order valence-corrected chi connectivity index (χ2v) is 5.81. The van der Waals surface area contributed by atoms with Gasteiger partial charge >= 0.3 is 0 Å². The second kappa shape index (κ2) is 7.90. The molecule has 130 valence electrons. The van der Waals surface area contributed by atoms with Gasteiger partial charge in [0, 0.05) is 39.0 Å². The van der Waals surface area contributed by atoms with Crippen LogP contribution in [0.5, 0.6) is 0 Å². The Kier molecular flexibility index (Phi) is 6.39. The quantitative estimate of drug-likeness (QED) is 0.843. The minimum Gasteiger partial charge on any atom is -0.382 e. The third kappa shape index (κ3) is 3.53. The Balaban J connectivity index is 2.44. The molecule has 0 bridgehead atoms. The lowest BCUT2D eigenvalue weighted by atomic mass is 9.87. The number of aliphatic hydroxyl groups is 1. The molecule has 1 saturated heterocycles. The average molecular weight is 347 g/mol. The second-order valence-electron chi connectivity index (χ2n) is 5.37. The Hall–Kier alpha value is -0.730. The molecule has 23 heavy (non-hydrogen) atoms. The lowest BCUT2D eigenvalue weighted by Crippen LogP contribution is -2.65. The fourth-order valence-electron chi connectivity index (χ4n) is 3.02. The molecular formula is C16H23ClO6. The van der Waals surface area contributed by atoms with Crippen molar-refractivity contribution in [3.8, 4) is 0 Å². The molecule has 7 heteroatoms. The van der Waals surface area contributed by atoms with Crippen molar-refractivity contribution in [2.24, 2.45) is 0 Å². The number of ether oxygens (including phenoxy) is 5. The summed E-state index contributed by atoms with van der Waals surface area (Å²) in [6.07, 6.45) is -2.30. The van der Waals surface area contributed by atoms with E-state index in [2.05, 4.69) is 0 Å². The number of hydrogen-bond donors (Lipinski definition) is 1. The molecule has 1 N–H and O–H groups in total. The molecule has 0 spiro atoms. The van der Waals surface area contributed by atoms with Crippen molar-refractivity contribution < 1.29 is 28.8 Å². The summed E-state index contributed by atoms with van der Waals surface area (Å²) >= 11 is 5.93. The predicted octanol–water partition coefficient (Wildman–Crippen LogP) is 1.58. The van der Waals surface area contributed by atoms with E-state index in [1.807, 2.05) is 0 Å². The van der Waals surface area contributed by atoms with Crippen LogP contribution in [0.1, 0.15) is 5.56 Å². The van der Waals surface area contributed by atoms with Gasteiger partial charge in [-0.1, -0.05) is 23.7 Å². The number of rotatable bonds is 6. The van der Waals surface area contributed by atoms with Crippen LogP contribution in [-0.4, -0.2) is 64.6 Å². The van der Waals surface area contributed by atoms with E-state index in [0.29, 0.717) is 10.6 Å². The monoisotopic (exact) mass is 346 g/mol. The van der Waals surface area contributed by atoms with Gasteiger partial charge in [0.1, 0.15) is 24.4 Å². The zero-order valence-corrected chi connectivity index (χ0v) is 14.4.